The van der Waals surface area contributed by atoms with Crippen LogP contribution in [0.1, 0.15) is 0 Å². The van der Waals surface area contributed by atoms with Gasteiger partial charge in [-0.3, -0.25) is 0 Å². The molecule has 0 aromatic rings. The lowest BCUT2D eigenvalue weighted by molar-refractivity contribution is -0.885. The molecular weight excluding hydrogens is 128 g/mol. The van der Waals surface area contributed by atoms with Crippen LogP contribution in [0.3, 0.4) is 0 Å². The lowest BCUT2D eigenvalue weighted by Gasteiger charge is -2.15. The van der Waals surface area contributed by atoms with E-state index in [4.69, 9.17) is 0 Å². The van der Waals surface area contributed by atoms with Crippen molar-refractivity contribution in [2.45, 2.75) is 6.10 Å². The van der Waals surface area contributed by atoms with Gasteiger partial charge in [0.2, 0.25) is 0 Å². The van der Waals surface area contributed by atoms with Crippen molar-refractivity contribution in [3.63, 3.8) is 0 Å². The summed E-state index contributed by atoms with van der Waals surface area (Å²) in [6.07, 6.45) is -0.157. The Morgan fingerprint density at radius 2 is 1.30 bits per heavy atom. The van der Waals surface area contributed by atoms with Gasteiger partial charge in [-0.2, -0.15) is 0 Å². The average Bonchev–Trinajstić information content (AvgIpc) is 1.58. The summed E-state index contributed by atoms with van der Waals surface area (Å²) >= 11 is 0. The minimum Gasteiger partial charge on any atom is -0.382 e. The van der Waals surface area contributed by atoms with Gasteiger partial charge >= 0.3 is 0 Å². The van der Waals surface area contributed by atoms with Crippen molar-refractivity contribution < 1.29 is 14.9 Å². The smallest absolute Gasteiger partial charge is 0.152 e. The fraction of sp³-hybridized carbons (Fsp3) is 1.00. The Kier molecular flexibility index (Phi) is 4.60. The first-order valence-corrected chi connectivity index (χ1v) is 3.78. The van der Waals surface area contributed by atoms with Gasteiger partial charge in [0, 0.05) is 0 Å². The summed E-state index contributed by atoms with van der Waals surface area (Å²) in [5.74, 6) is 0. The molecule has 0 unspecified atom stereocenters. The normalized spacial score (nSPS) is 12.0. The summed E-state index contributed by atoms with van der Waals surface area (Å²) in [6, 6.07) is 0. The molecule has 0 bridgehead atoms. The van der Waals surface area contributed by atoms with Crippen LogP contribution in [0.5, 0.6) is 0 Å². The Labute approximate surface area is 63.2 Å². The Hall–Kier alpha value is -0.120. The molecule has 3 nitrogen and oxygen atoms in total. The number of likely N-dealkylation sites (N-methyl/N-ethyl adjacent to an activating group) is 2. The van der Waals surface area contributed by atoms with E-state index in [-0.39, 0.29) is 6.10 Å². The summed E-state index contributed by atoms with van der Waals surface area (Å²) in [5.41, 5.74) is 0. The molecule has 10 heavy (non-hydrogen) atoms. The van der Waals surface area contributed by atoms with Gasteiger partial charge in [-0.15, -0.1) is 0 Å². The van der Waals surface area contributed by atoms with Crippen LogP contribution in [0, 0.1) is 0 Å². The molecule has 0 saturated heterocycles. The zero-order valence-electron chi connectivity index (χ0n) is 7.44. The maximum absolute atomic E-state index is 9.35. The van der Waals surface area contributed by atoms with E-state index < -0.39 is 0 Å². The molecular formula is C7H20N2O+2. The van der Waals surface area contributed by atoms with Crippen LogP contribution in [0.2, 0.25) is 0 Å². The molecule has 0 fully saturated rings. The molecule has 0 atom stereocenters. The van der Waals surface area contributed by atoms with Crippen molar-refractivity contribution in [2.24, 2.45) is 0 Å². The fourth-order valence-corrected chi connectivity index (χ4v) is 1.01. The van der Waals surface area contributed by atoms with E-state index in [1.54, 1.807) is 0 Å². The minimum atomic E-state index is -0.157. The maximum atomic E-state index is 9.35. The van der Waals surface area contributed by atoms with Crippen molar-refractivity contribution in [1.29, 1.82) is 0 Å². The second-order valence-corrected chi connectivity index (χ2v) is 3.48. The Morgan fingerprint density at radius 1 is 1.00 bits per heavy atom. The average molecular weight is 148 g/mol. The molecule has 0 aliphatic carbocycles. The largest absolute Gasteiger partial charge is 0.382 e. The summed E-state index contributed by atoms with van der Waals surface area (Å²) in [5, 5.41) is 9.35. The van der Waals surface area contributed by atoms with Gasteiger partial charge in [0.1, 0.15) is 13.1 Å². The molecule has 0 radical (unpaired) electrons. The van der Waals surface area contributed by atoms with Gasteiger partial charge in [0.05, 0.1) is 28.2 Å². The Bertz CT molecular complexity index is 73.7. The maximum Gasteiger partial charge on any atom is 0.152 e. The van der Waals surface area contributed by atoms with E-state index in [0.29, 0.717) is 0 Å². The summed E-state index contributed by atoms with van der Waals surface area (Å²) in [7, 11) is 8.20. The number of quaternary nitrogens is 2. The number of rotatable bonds is 4. The first kappa shape index (κ1) is 9.88. The number of hydrogen-bond acceptors (Lipinski definition) is 1. The van der Waals surface area contributed by atoms with E-state index in [9.17, 15) is 5.11 Å². The highest BCUT2D eigenvalue weighted by Gasteiger charge is 2.10. The molecule has 0 aromatic carbocycles. The first-order chi connectivity index (χ1) is 4.52. The molecule has 3 heteroatoms. The molecule has 0 amide bonds. The molecule has 0 saturated carbocycles. The number of aliphatic hydroxyl groups is 1. The van der Waals surface area contributed by atoms with Crippen LogP contribution in [-0.4, -0.2) is 52.5 Å². The van der Waals surface area contributed by atoms with E-state index in [1.165, 1.54) is 9.80 Å². The molecule has 62 valence electrons. The predicted octanol–water partition coefficient (Wildman–Crippen LogP) is -3.36. The Balaban J connectivity index is 3.34. The second kappa shape index (κ2) is 4.66. The molecule has 0 aliphatic heterocycles. The quantitative estimate of drug-likeness (QED) is 0.382. The van der Waals surface area contributed by atoms with Gasteiger partial charge in [-0.1, -0.05) is 0 Å². The molecule has 0 heterocycles. The third-order valence-corrected chi connectivity index (χ3v) is 1.29. The van der Waals surface area contributed by atoms with E-state index in [0.717, 1.165) is 13.1 Å². The van der Waals surface area contributed by atoms with E-state index in [1.807, 2.05) is 28.2 Å². The van der Waals surface area contributed by atoms with Crippen LogP contribution in [-0.2, 0) is 0 Å². The standard InChI is InChI=1S/C7H18N2O/c1-8(2)5-7(10)6-9(3)4/h7,10H,5-6H2,1-4H3/p+2. The third kappa shape index (κ3) is 6.01. The van der Waals surface area contributed by atoms with Gasteiger partial charge in [0.15, 0.2) is 6.10 Å². The number of nitrogens with one attached hydrogen (secondary N) is 2. The monoisotopic (exact) mass is 148 g/mol. The second-order valence-electron chi connectivity index (χ2n) is 3.48. The molecule has 3 N–H and O–H groups in total. The van der Waals surface area contributed by atoms with Crippen LogP contribution < -0.4 is 9.80 Å². The van der Waals surface area contributed by atoms with E-state index >= 15 is 0 Å². The molecule has 0 rings (SSSR count). The van der Waals surface area contributed by atoms with Gasteiger partial charge < -0.3 is 14.9 Å². The zero-order chi connectivity index (χ0) is 8.15. The van der Waals surface area contributed by atoms with Gasteiger partial charge in [0.25, 0.3) is 0 Å². The fourth-order valence-electron chi connectivity index (χ4n) is 1.01. The Morgan fingerprint density at radius 3 is 1.50 bits per heavy atom. The summed E-state index contributed by atoms with van der Waals surface area (Å²) < 4.78 is 0. The van der Waals surface area contributed by atoms with E-state index in [2.05, 4.69) is 0 Å². The van der Waals surface area contributed by atoms with Crippen molar-refractivity contribution in [3.05, 3.63) is 0 Å². The van der Waals surface area contributed by atoms with Crippen molar-refractivity contribution in [2.75, 3.05) is 41.3 Å². The van der Waals surface area contributed by atoms with Crippen LogP contribution >= 0.6 is 0 Å². The van der Waals surface area contributed by atoms with Crippen molar-refractivity contribution in [1.82, 2.24) is 0 Å². The summed E-state index contributed by atoms with van der Waals surface area (Å²) in [6.45, 7) is 1.68. The van der Waals surface area contributed by atoms with Crippen molar-refractivity contribution >= 4 is 0 Å². The molecule has 0 aromatic heterocycles. The minimum absolute atomic E-state index is 0.157. The molecule has 0 aliphatic rings. The summed E-state index contributed by atoms with van der Waals surface area (Å²) in [4.78, 5) is 2.60. The van der Waals surface area contributed by atoms with Gasteiger partial charge in [-0.25, -0.2) is 0 Å². The van der Waals surface area contributed by atoms with Gasteiger partial charge in [-0.05, 0) is 0 Å². The highest BCUT2D eigenvalue weighted by molar-refractivity contribution is 4.45. The van der Waals surface area contributed by atoms with Crippen LogP contribution in [0.15, 0.2) is 0 Å². The van der Waals surface area contributed by atoms with Crippen LogP contribution in [0.25, 0.3) is 0 Å². The highest BCUT2D eigenvalue weighted by atomic mass is 16.3. The highest BCUT2D eigenvalue weighted by Crippen LogP contribution is 1.67. The van der Waals surface area contributed by atoms with Crippen molar-refractivity contribution in [3.8, 4) is 0 Å². The number of hydrogen-bond donors (Lipinski definition) is 3. The third-order valence-electron chi connectivity index (χ3n) is 1.29. The van der Waals surface area contributed by atoms with Crippen LogP contribution in [0.4, 0.5) is 0 Å². The SMILES string of the molecule is C[NH+](C)CC(O)C[NH+](C)C. The first-order valence-electron chi connectivity index (χ1n) is 3.78. The number of aliphatic hydroxyl groups excluding tert-OH is 1. The predicted molar refractivity (Wildman–Crippen MR) is 41.4 cm³/mol. The topological polar surface area (TPSA) is 29.1 Å². The lowest BCUT2D eigenvalue weighted by Crippen LogP contribution is -3.11. The lowest BCUT2D eigenvalue weighted by atomic mass is 10.3. The molecule has 0 spiro atoms. The zero-order valence-corrected chi connectivity index (χ0v) is 7.44.